The molecule has 0 saturated carbocycles. The second kappa shape index (κ2) is 30.2. The first kappa shape index (κ1) is 63.1. The van der Waals surface area contributed by atoms with Gasteiger partial charge in [-0.05, 0) is 123 Å². The molecule has 17 nitrogen and oxygen atoms in total. The Kier molecular flexibility index (Phi) is 23.8. The van der Waals surface area contributed by atoms with E-state index < -0.39 is 109 Å². The molecule has 4 N–H and O–H groups in total. The van der Waals surface area contributed by atoms with Crippen molar-refractivity contribution in [3.8, 4) is 0 Å². The molecule has 17 heteroatoms. The highest BCUT2D eigenvalue weighted by atomic mass is 16.7. The Labute approximate surface area is 474 Å². The number of esters is 2. The number of carbonyl (C=O) groups is 2. The summed E-state index contributed by atoms with van der Waals surface area (Å²) >= 11 is 0. The molecule has 3 saturated heterocycles. The van der Waals surface area contributed by atoms with Gasteiger partial charge in [-0.3, -0.25) is 9.69 Å². The van der Waals surface area contributed by atoms with Gasteiger partial charge in [-0.25, -0.2) is 4.79 Å². The summed E-state index contributed by atoms with van der Waals surface area (Å²) < 4.78 is 58.4. The highest BCUT2D eigenvalue weighted by Gasteiger charge is 2.53. The number of benzene rings is 3. The predicted molar refractivity (Wildman–Crippen MR) is 303 cm³/mol. The number of aliphatic hydroxyl groups excluding tert-OH is 2. The zero-order chi connectivity index (χ0) is 57.5. The van der Waals surface area contributed by atoms with E-state index in [1.165, 1.54) is 7.11 Å². The lowest BCUT2D eigenvalue weighted by molar-refractivity contribution is -0.344. The molecule has 4 aliphatic rings. The van der Waals surface area contributed by atoms with Crippen LogP contribution in [-0.4, -0.2) is 176 Å². The molecule has 0 aliphatic carbocycles. The Morgan fingerprint density at radius 1 is 0.775 bits per heavy atom. The minimum absolute atomic E-state index is 0.0515. The summed E-state index contributed by atoms with van der Waals surface area (Å²) in [5, 5.41) is 40.2. The Bertz CT molecular complexity index is 2340. The Morgan fingerprint density at radius 3 is 2.01 bits per heavy atom. The fraction of sp³-hybridized carbons (Fsp3) is 0.619. The Morgan fingerprint density at radius 2 is 1.41 bits per heavy atom. The van der Waals surface area contributed by atoms with Crippen LogP contribution in [0.3, 0.4) is 0 Å². The number of likely N-dealkylation sites (N-methyl/N-ethyl adjacent to an activating group) is 2. The molecule has 442 valence electrons. The maximum atomic E-state index is 13.7. The Hall–Kier alpha value is -4.44. The van der Waals surface area contributed by atoms with E-state index >= 15 is 0 Å². The van der Waals surface area contributed by atoms with E-state index in [2.05, 4.69) is 54.4 Å². The van der Waals surface area contributed by atoms with Crippen molar-refractivity contribution in [1.82, 2.24) is 15.1 Å². The number of methoxy groups -OCH3 is 1. The standard InChI is InChI=1S/C63H91N3O14/c1-40-35-48(33-34-66(38-45-24-16-12-17-25-45)39-46-26-18-13-19-27-46)58(59(72-10)50(67)36-52(68)73-41(2)23-15-11-22-30-51(40)77-53-32-31-49(64-7)42(3)74-53)79-62-56(69)55(65(8)9)57(43(4)76-62)78-54-37-63(6,71)60(44(5)75-54)80-61(70)47-28-20-14-21-29-47/h11-22,24-30,40-44,48-51,53-60,62,64,67,69,71H,23,31-39H2,1-10H3/b15-11+,30-22+/t40-,41-,42-,43-,44+,48+,49+,50-,51+,53+,54+,55-,56-,57-,58+,59+,60+,62+,63-/m1/s1. The lowest BCUT2D eigenvalue weighted by Crippen LogP contribution is -2.66. The van der Waals surface area contributed by atoms with E-state index in [4.69, 9.17) is 42.6 Å². The van der Waals surface area contributed by atoms with Gasteiger partial charge in [0, 0.05) is 39.1 Å². The van der Waals surface area contributed by atoms with Crippen molar-refractivity contribution in [2.24, 2.45) is 11.8 Å². The zero-order valence-corrected chi connectivity index (χ0v) is 48.7. The van der Waals surface area contributed by atoms with Gasteiger partial charge in [-0.2, -0.15) is 0 Å². The van der Waals surface area contributed by atoms with Gasteiger partial charge in [0.15, 0.2) is 25.0 Å². The van der Waals surface area contributed by atoms with Crippen LogP contribution in [0.4, 0.5) is 0 Å². The normalized spacial score (nSPS) is 36.7. The maximum Gasteiger partial charge on any atom is 0.338 e. The van der Waals surface area contributed by atoms with Crippen molar-refractivity contribution in [3.05, 3.63) is 132 Å². The van der Waals surface area contributed by atoms with Gasteiger partial charge < -0.3 is 68.2 Å². The Balaban J connectivity index is 1.21. The van der Waals surface area contributed by atoms with Crippen molar-refractivity contribution < 1.29 is 67.5 Å². The lowest BCUT2D eigenvalue weighted by atomic mass is 9.82. The van der Waals surface area contributed by atoms with Crippen LogP contribution in [0.25, 0.3) is 0 Å². The molecule has 3 fully saturated rings. The van der Waals surface area contributed by atoms with Crippen LogP contribution >= 0.6 is 0 Å². The highest BCUT2D eigenvalue weighted by molar-refractivity contribution is 5.89. The number of carbonyl (C=O) groups excluding carboxylic acids is 2. The van der Waals surface area contributed by atoms with E-state index in [-0.39, 0.29) is 30.9 Å². The monoisotopic (exact) mass is 1110 g/mol. The molecule has 3 aromatic carbocycles. The molecule has 0 bridgehead atoms. The van der Waals surface area contributed by atoms with Crippen LogP contribution in [0.5, 0.6) is 0 Å². The van der Waals surface area contributed by atoms with Gasteiger partial charge in [-0.1, -0.05) is 110 Å². The number of cyclic esters (lactones) is 1. The second-order valence-electron chi connectivity index (χ2n) is 23.0. The van der Waals surface area contributed by atoms with E-state index in [0.717, 1.165) is 17.5 Å². The number of nitrogens with one attached hydrogen (secondary N) is 1. The van der Waals surface area contributed by atoms with Crippen LogP contribution in [0.2, 0.25) is 0 Å². The zero-order valence-electron chi connectivity index (χ0n) is 48.7. The van der Waals surface area contributed by atoms with Gasteiger partial charge >= 0.3 is 11.9 Å². The van der Waals surface area contributed by atoms with Gasteiger partial charge in [0.25, 0.3) is 0 Å². The third kappa shape index (κ3) is 17.5. The summed E-state index contributed by atoms with van der Waals surface area (Å²) in [6, 6.07) is 28.7. The maximum absolute atomic E-state index is 13.7. The summed E-state index contributed by atoms with van der Waals surface area (Å²) in [4.78, 5) is 31.1. The van der Waals surface area contributed by atoms with Crippen LogP contribution in [0.1, 0.15) is 108 Å². The summed E-state index contributed by atoms with van der Waals surface area (Å²) in [7, 11) is 7.10. The fourth-order valence-electron chi connectivity index (χ4n) is 12.0. The molecule has 0 amide bonds. The minimum Gasteiger partial charge on any atom is -0.462 e. The first-order valence-corrected chi connectivity index (χ1v) is 28.8. The molecule has 80 heavy (non-hydrogen) atoms. The third-order valence-corrected chi connectivity index (χ3v) is 16.2. The average Bonchev–Trinajstić information content (AvgIpc) is 3.43. The minimum atomic E-state index is -1.55. The number of nitrogens with zero attached hydrogens (tertiary/aromatic N) is 2. The number of allylic oxidation sites excluding steroid dienone is 2. The molecular formula is C63H91N3O14. The van der Waals surface area contributed by atoms with Crippen LogP contribution in [-0.2, 0) is 60.5 Å². The molecular weight excluding hydrogens is 1020 g/mol. The van der Waals surface area contributed by atoms with Crippen LogP contribution in [0, 0.1) is 11.8 Å². The van der Waals surface area contributed by atoms with Crippen molar-refractivity contribution in [1.29, 1.82) is 0 Å². The van der Waals surface area contributed by atoms with E-state index in [1.807, 2.05) is 94.5 Å². The number of ether oxygens (including phenoxy) is 9. The fourth-order valence-corrected chi connectivity index (χ4v) is 12.0. The lowest BCUT2D eigenvalue weighted by Gasteiger charge is -2.50. The highest BCUT2D eigenvalue weighted by Crippen LogP contribution is 2.39. The molecule has 0 aromatic heterocycles. The summed E-state index contributed by atoms with van der Waals surface area (Å²) in [5.41, 5.74) is 1.10. The molecule has 0 unspecified atom stereocenters. The summed E-state index contributed by atoms with van der Waals surface area (Å²) in [6.07, 6.45) is -1.32. The van der Waals surface area contributed by atoms with Crippen LogP contribution in [0.15, 0.2) is 115 Å². The number of hydrogen-bond acceptors (Lipinski definition) is 17. The van der Waals surface area contributed by atoms with Gasteiger partial charge in [0.1, 0.15) is 30.0 Å². The number of hydrogen-bond donors (Lipinski definition) is 4. The quantitative estimate of drug-likeness (QED) is 0.0922. The SMILES string of the molecule is CN[C@H]1CC[C@H](O[C@H]2/C=C/C=C/C[C@@H](C)OC(=O)C[C@@H](O)[C@H](OC)[C@@H](O[C@@H]3O[C@H](C)[C@@H](O[C@H]4C[C@@](C)(O)[C@@H](OC(=O)c5ccccc5)[C@H](C)O4)[C@H](N(C)C)[C@H]3O)[C@@H](CCN(Cc3ccccc3)Cc3ccccc3)C[C@H]2C)O[C@@H]1C. The van der Waals surface area contributed by atoms with Gasteiger partial charge in [0.05, 0.1) is 54.6 Å². The van der Waals surface area contributed by atoms with Crippen molar-refractivity contribution >= 4 is 11.9 Å². The van der Waals surface area contributed by atoms with Crippen molar-refractivity contribution in [2.75, 3.05) is 34.8 Å². The number of rotatable bonds is 18. The van der Waals surface area contributed by atoms with Crippen molar-refractivity contribution in [2.45, 2.75) is 203 Å². The third-order valence-electron chi connectivity index (χ3n) is 16.2. The molecule has 3 aromatic rings. The first-order chi connectivity index (χ1) is 38.3. The molecule has 4 aliphatic heterocycles. The largest absolute Gasteiger partial charge is 0.462 e. The predicted octanol–water partition coefficient (Wildman–Crippen LogP) is 7.35. The van der Waals surface area contributed by atoms with Gasteiger partial charge in [0.2, 0.25) is 0 Å². The van der Waals surface area contributed by atoms with E-state index in [1.54, 1.807) is 44.2 Å². The first-order valence-electron chi connectivity index (χ1n) is 28.8. The average molecular weight is 1110 g/mol. The molecule has 0 spiro atoms. The molecule has 19 atom stereocenters. The van der Waals surface area contributed by atoms with E-state index in [9.17, 15) is 24.9 Å². The second-order valence-corrected chi connectivity index (χ2v) is 23.0. The van der Waals surface area contributed by atoms with E-state index in [0.29, 0.717) is 50.9 Å². The van der Waals surface area contributed by atoms with Crippen molar-refractivity contribution in [3.63, 3.8) is 0 Å². The van der Waals surface area contributed by atoms with Crippen LogP contribution < -0.4 is 5.32 Å². The topological polar surface area (TPSA) is 196 Å². The number of aliphatic hydroxyl groups is 3. The molecule has 0 radical (unpaired) electrons. The summed E-state index contributed by atoms with van der Waals surface area (Å²) in [5.74, 6) is -1.76. The molecule has 7 rings (SSSR count). The molecule has 4 heterocycles. The summed E-state index contributed by atoms with van der Waals surface area (Å²) in [6.45, 7) is 13.1. The smallest absolute Gasteiger partial charge is 0.338 e. The van der Waals surface area contributed by atoms with Gasteiger partial charge in [-0.15, -0.1) is 0 Å².